The van der Waals surface area contributed by atoms with Crippen molar-refractivity contribution in [2.75, 3.05) is 12.8 Å². The minimum Gasteiger partial charge on any atom is -0.337 e. The molecule has 1 spiro atoms. The van der Waals surface area contributed by atoms with E-state index in [9.17, 15) is 13.2 Å². The van der Waals surface area contributed by atoms with Gasteiger partial charge >= 0.3 is 0 Å². The van der Waals surface area contributed by atoms with Gasteiger partial charge in [0.1, 0.15) is 0 Å². The van der Waals surface area contributed by atoms with E-state index in [2.05, 4.69) is 16.5 Å². The second-order valence-corrected chi connectivity index (χ2v) is 9.52. The summed E-state index contributed by atoms with van der Waals surface area (Å²) in [6.07, 6.45) is 10.1. The Balaban J connectivity index is 1.93. The molecule has 0 unspecified atom stereocenters. The number of carbonyl (C=O) groups is 1. The average Bonchev–Trinajstić information content (AvgIpc) is 2.83. The number of nitrogens with zero attached hydrogens (tertiary/aromatic N) is 1. The van der Waals surface area contributed by atoms with Crippen LogP contribution in [0, 0.1) is 11.8 Å². The van der Waals surface area contributed by atoms with Gasteiger partial charge in [0.2, 0.25) is 15.9 Å². The Labute approximate surface area is 140 Å². The Morgan fingerprint density at radius 3 is 2.74 bits per heavy atom. The van der Waals surface area contributed by atoms with E-state index in [0.717, 1.165) is 57.9 Å². The maximum absolute atomic E-state index is 12.5. The van der Waals surface area contributed by atoms with Gasteiger partial charge in [-0.25, -0.2) is 13.1 Å². The van der Waals surface area contributed by atoms with Gasteiger partial charge in [0.05, 0.1) is 6.26 Å². The first kappa shape index (κ1) is 17.2. The van der Waals surface area contributed by atoms with Crippen LogP contribution in [0.5, 0.6) is 0 Å². The topological polar surface area (TPSA) is 66.5 Å². The molecule has 2 saturated heterocycles. The van der Waals surface area contributed by atoms with Crippen molar-refractivity contribution in [2.24, 2.45) is 11.8 Å². The summed E-state index contributed by atoms with van der Waals surface area (Å²) < 4.78 is 26.5. The molecule has 5 nitrogen and oxygen atoms in total. The SMILES string of the molecule is CCC[C@H]1[C@@H](NS(C)(=O)=O)CC[C@@]23CCCN2C(=O)CCC[C@@H]13. The molecule has 1 aliphatic carbocycles. The molecule has 4 atom stereocenters. The Bertz CT molecular complexity index is 562. The third-order valence-electron chi connectivity index (χ3n) is 6.34. The van der Waals surface area contributed by atoms with Crippen LogP contribution in [0.2, 0.25) is 0 Å². The molecule has 3 aliphatic rings. The summed E-state index contributed by atoms with van der Waals surface area (Å²) in [5.74, 6) is 1.13. The summed E-state index contributed by atoms with van der Waals surface area (Å²) in [4.78, 5) is 14.7. The van der Waals surface area contributed by atoms with Crippen molar-refractivity contribution >= 4 is 15.9 Å². The Morgan fingerprint density at radius 2 is 2.04 bits per heavy atom. The smallest absolute Gasteiger partial charge is 0.223 e. The van der Waals surface area contributed by atoms with Gasteiger partial charge in [-0.15, -0.1) is 0 Å². The number of carbonyl (C=O) groups excluding carboxylic acids is 1. The molecule has 1 amide bonds. The molecule has 6 heteroatoms. The van der Waals surface area contributed by atoms with Gasteiger partial charge < -0.3 is 4.90 Å². The number of sulfonamides is 1. The lowest BCUT2D eigenvalue weighted by atomic mass is 9.61. The normalized spacial score (nSPS) is 38.1. The molecule has 0 aromatic carbocycles. The van der Waals surface area contributed by atoms with E-state index in [1.807, 2.05) is 0 Å². The fourth-order valence-corrected chi connectivity index (χ4v) is 6.49. The minimum absolute atomic E-state index is 0.0170. The lowest BCUT2D eigenvalue weighted by molar-refractivity contribution is -0.138. The van der Waals surface area contributed by atoms with Crippen LogP contribution < -0.4 is 4.72 Å². The summed E-state index contributed by atoms with van der Waals surface area (Å²) in [5.41, 5.74) is 0.0170. The maximum atomic E-state index is 12.5. The van der Waals surface area contributed by atoms with E-state index >= 15 is 0 Å². The molecule has 0 radical (unpaired) electrons. The van der Waals surface area contributed by atoms with Gasteiger partial charge in [-0.3, -0.25) is 4.79 Å². The first-order valence-electron chi connectivity index (χ1n) is 9.15. The molecule has 2 heterocycles. The quantitative estimate of drug-likeness (QED) is 0.852. The second-order valence-electron chi connectivity index (χ2n) is 7.74. The first-order valence-corrected chi connectivity index (χ1v) is 11.0. The van der Waals surface area contributed by atoms with Crippen molar-refractivity contribution in [1.29, 1.82) is 0 Å². The largest absolute Gasteiger partial charge is 0.337 e. The first-order chi connectivity index (χ1) is 10.9. The molecule has 1 saturated carbocycles. The fourth-order valence-electron chi connectivity index (χ4n) is 5.65. The number of nitrogens with one attached hydrogen (secondary N) is 1. The van der Waals surface area contributed by atoms with E-state index in [4.69, 9.17) is 0 Å². The predicted molar refractivity (Wildman–Crippen MR) is 90.4 cm³/mol. The maximum Gasteiger partial charge on any atom is 0.223 e. The molecule has 0 bridgehead atoms. The summed E-state index contributed by atoms with van der Waals surface area (Å²) in [5, 5.41) is 0. The van der Waals surface area contributed by atoms with Crippen molar-refractivity contribution in [3.05, 3.63) is 0 Å². The molecule has 0 aromatic heterocycles. The van der Waals surface area contributed by atoms with Crippen molar-refractivity contribution in [2.45, 2.75) is 76.3 Å². The molecule has 0 aromatic rings. The molecule has 23 heavy (non-hydrogen) atoms. The van der Waals surface area contributed by atoms with Crippen LogP contribution in [0.4, 0.5) is 0 Å². The third kappa shape index (κ3) is 3.16. The zero-order valence-electron chi connectivity index (χ0n) is 14.4. The lowest BCUT2D eigenvalue weighted by Gasteiger charge is -2.52. The summed E-state index contributed by atoms with van der Waals surface area (Å²) in [6, 6.07) is 0.0382. The minimum atomic E-state index is -3.19. The van der Waals surface area contributed by atoms with Crippen molar-refractivity contribution in [3.8, 4) is 0 Å². The summed E-state index contributed by atoms with van der Waals surface area (Å²) in [7, 11) is -3.19. The van der Waals surface area contributed by atoms with E-state index in [1.54, 1.807) is 0 Å². The Kier molecular flexibility index (Phi) is 4.76. The number of hydrogen-bond acceptors (Lipinski definition) is 3. The van der Waals surface area contributed by atoms with E-state index in [1.165, 1.54) is 6.26 Å². The molecular weight excluding hydrogens is 312 g/mol. The Morgan fingerprint density at radius 1 is 1.26 bits per heavy atom. The highest BCUT2D eigenvalue weighted by atomic mass is 32.2. The van der Waals surface area contributed by atoms with Crippen LogP contribution >= 0.6 is 0 Å². The van der Waals surface area contributed by atoms with Gasteiger partial charge in [-0.05, 0) is 56.8 Å². The van der Waals surface area contributed by atoms with Crippen molar-refractivity contribution < 1.29 is 13.2 Å². The zero-order valence-corrected chi connectivity index (χ0v) is 15.2. The van der Waals surface area contributed by atoms with E-state index in [0.29, 0.717) is 24.2 Å². The number of hydrogen-bond donors (Lipinski definition) is 1. The number of rotatable bonds is 4. The fraction of sp³-hybridized carbons (Fsp3) is 0.941. The van der Waals surface area contributed by atoms with Crippen molar-refractivity contribution in [1.82, 2.24) is 9.62 Å². The van der Waals surface area contributed by atoms with Crippen LogP contribution in [0.15, 0.2) is 0 Å². The standard InChI is InChI=1S/C17H30N2O3S/c1-3-6-13-14-7-4-8-16(20)19-12-5-10-17(14,19)11-9-15(13)18-23(2,21)22/h13-15,18H,3-12H2,1-2H3/t13-,14+,15+,17-/m1/s1. The van der Waals surface area contributed by atoms with Gasteiger partial charge in [-0.1, -0.05) is 13.3 Å². The molecule has 132 valence electrons. The average molecular weight is 343 g/mol. The van der Waals surface area contributed by atoms with Crippen LogP contribution in [0.25, 0.3) is 0 Å². The van der Waals surface area contributed by atoms with Crippen molar-refractivity contribution in [3.63, 3.8) is 0 Å². The van der Waals surface area contributed by atoms with Crippen LogP contribution in [-0.2, 0) is 14.8 Å². The summed E-state index contributed by atoms with van der Waals surface area (Å²) in [6.45, 7) is 3.07. The third-order valence-corrected chi connectivity index (χ3v) is 7.07. The van der Waals surface area contributed by atoms with E-state index in [-0.39, 0.29) is 11.6 Å². The molecule has 2 aliphatic heterocycles. The second kappa shape index (κ2) is 6.36. The highest BCUT2D eigenvalue weighted by Gasteiger charge is 2.55. The molecule has 3 rings (SSSR count). The monoisotopic (exact) mass is 342 g/mol. The molecular formula is C17H30N2O3S. The van der Waals surface area contributed by atoms with Crippen LogP contribution in [0.1, 0.15) is 64.7 Å². The predicted octanol–water partition coefficient (Wildman–Crippen LogP) is 2.28. The van der Waals surface area contributed by atoms with Gasteiger partial charge in [-0.2, -0.15) is 0 Å². The van der Waals surface area contributed by atoms with Gasteiger partial charge in [0.25, 0.3) is 0 Å². The Hall–Kier alpha value is -0.620. The van der Waals surface area contributed by atoms with Gasteiger partial charge in [0, 0.05) is 24.5 Å². The van der Waals surface area contributed by atoms with Crippen LogP contribution in [-0.4, -0.2) is 43.6 Å². The van der Waals surface area contributed by atoms with E-state index < -0.39 is 10.0 Å². The zero-order chi connectivity index (χ0) is 16.7. The summed E-state index contributed by atoms with van der Waals surface area (Å²) >= 11 is 0. The molecule has 1 N–H and O–H groups in total. The van der Waals surface area contributed by atoms with Crippen LogP contribution in [0.3, 0.4) is 0 Å². The lowest BCUT2D eigenvalue weighted by Crippen LogP contribution is -2.60. The highest BCUT2D eigenvalue weighted by molar-refractivity contribution is 7.88. The van der Waals surface area contributed by atoms with Gasteiger partial charge in [0.15, 0.2) is 0 Å². The highest BCUT2D eigenvalue weighted by Crippen LogP contribution is 2.52. The number of amides is 1. The molecule has 3 fully saturated rings.